The van der Waals surface area contributed by atoms with Gasteiger partial charge >= 0.3 is 0 Å². The largest absolute Gasteiger partial charge is 0.386 e. The molecule has 350 valence electrons. The molecule has 1 saturated heterocycles. The second kappa shape index (κ2) is 17.5. The summed E-state index contributed by atoms with van der Waals surface area (Å²) in [5.74, 6) is -0.126. The van der Waals surface area contributed by atoms with E-state index in [9.17, 15) is 16.8 Å². The average molecular weight is 1020 g/mol. The lowest BCUT2D eigenvalue weighted by Gasteiger charge is -2.33. The quantitative estimate of drug-likeness (QED) is 0.116. The van der Waals surface area contributed by atoms with Crippen LogP contribution in [0.5, 0.6) is 0 Å². The van der Waals surface area contributed by atoms with Gasteiger partial charge in [-0.2, -0.15) is 0 Å². The molecule has 0 amide bonds. The zero-order valence-electron chi connectivity index (χ0n) is 37.9. The van der Waals surface area contributed by atoms with Crippen LogP contribution in [-0.4, -0.2) is 87.9 Å². The van der Waals surface area contributed by atoms with E-state index in [1.165, 1.54) is 54.9 Å². The van der Waals surface area contributed by atoms with Gasteiger partial charge in [-0.05, 0) is 124 Å². The first kappa shape index (κ1) is 48.7. The first-order chi connectivity index (χ1) is 31.2. The van der Waals surface area contributed by atoms with Gasteiger partial charge < -0.3 is 21.7 Å². The van der Waals surface area contributed by atoms with Gasteiger partial charge in [-0.1, -0.05) is 6.58 Å². The van der Waals surface area contributed by atoms with E-state index >= 15 is 8.78 Å². The van der Waals surface area contributed by atoms with Crippen molar-refractivity contribution in [2.24, 2.45) is 10.7 Å². The van der Waals surface area contributed by atoms with Gasteiger partial charge in [-0.15, -0.1) is 0 Å². The molecule has 0 saturated carbocycles. The molecule has 4 aromatic heterocycles. The highest BCUT2D eigenvalue weighted by Crippen LogP contribution is 2.40. The minimum Gasteiger partial charge on any atom is -0.386 e. The number of anilines is 4. The van der Waals surface area contributed by atoms with Gasteiger partial charge in [-0.3, -0.25) is 15.0 Å². The average Bonchev–Trinajstić information content (AvgIpc) is 3.34. The van der Waals surface area contributed by atoms with Gasteiger partial charge in [0.2, 0.25) is 25.7 Å². The molecule has 2 aromatic carbocycles. The van der Waals surface area contributed by atoms with Crippen LogP contribution < -0.4 is 21.7 Å². The summed E-state index contributed by atoms with van der Waals surface area (Å²) in [6.07, 6.45) is 6.40. The number of aliphatic imine (C=N–C) groups is 1. The third-order valence-corrected chi connectivity index (χ3v) is 17.6. The molecule has 1 fully saturated rings. The maximum absolute atomic E-state index is 15.1. The second-order valence-corrected chi connectivity index (χ2v) is 23.9. The molecule has 0 aliphatic carbocycles. The zero-order valence-corrected chi connectivity index (χ0v) is 41.2. The Labute approximate surface area is 396 Å². The molecular weight excluding hydrogens is 967 g/mol. The molecule has 8 rings (SSSR count). The number of benzene rings is 2. The van der Waals surface area contributed by atoms with Crippen LogP contribution in [0.1, 0.15) is 52.7 Å². The molecule has 5 N–H and O–H groups in total. The van der Waals surface area contributed by atoms with Crippen molar-refractivity contribution in [2.75, 3.05) is 37.8 Å². The van der Waals surface area contributed by atoms with Crippen LogP contribution in [0.25, 0.3) is 26.7 Å². The molecule has 0 bridgehead atoms. The SMILES string of the molecule is C=C1N[C@](C)(c2cc(Nc3nccc4cc(Br)cnc34)ccc2F)CN(C)S(=O)(=O)C1(C)C.[C-]#[N+]c1cnc2c(Nc3ccc(F)c([C@]4(C)CN(C)S(=O)(=O)C(C)(C)C(N)=N4)c3)nccc2c1. The predicted molar refractivity (Wildman–Crippen MR) is 262 cm³/mol. The van der Waals surface area contributed by atoms with Crippen molar-refractivity contribution in [1.82, 2.24) is 33.9 Å². The molecule has 2 atom stereocenters. The predicted octanol–water partition coefficient (Wildman–Crippen LogP) is 8.34. The Bertz CT molecular complexity index is 3300. The molecule has 6 heterocycles. The van der Waals surface area contributed by atoms with Crippen LogP contribution in [0.15, 0.2) is 107 Å². The number of sulfonamides is 2. The van der Waals surface area contributed by atoms with Crippen LogP contribution in [0.4, 0.5) is 37.5 Å². The fourth-order valence-electron chi connectivity index (χ4n) is 8.01. The topological polar surface area (TPSA) is 205 Å². The first-order valence-corrected chi connectivity index (χ1v) is 24.3. The zero-order chi connectivity index (χ0) is 49.1. The number of fused-ring (bicyclic) bond motifs is 2. The normalized spacial score (nSPS) is 22.2. The first-order valence-electron chi connectivity index (χ1n) is 20.7. The Morgan fingerprint density at radius 2 is 1.25 bits per heavy atom. The van der Waals surface area contributed by atoms with Crippen molar-refractivity contribution in [3.8, 4) is 0 Å². The molecule has 2 aliphatic heterocycles. The van der Waals surface area contributed by atoms with Crippen molar-refractivity contribution in [3.05, 3.63) is 136 Å². The Morgan fingerprint density at radius 1 is 0.746 bits per heavy atom. The van der Waals surface area contributed by atoms with E-state index in [-0.39, 0.29) is 24.5 Å². The molecule has 21 heteroatoms. The van der Waals surface area contributed by atoms with Crippen molar-refractivity contribution in [2.45, 2.75) is 62.1 Å². The molecule has 0 radical (unpaired) electrons. The van der Waals surface area contributed by atoms with E-state index < -0.39 is 52.3 Å². The number of nitrogens with one attached hydrogen (secondary N) is 3. The van der Waals surface area contributed by atoms with Gasteiger partial charge in [0.05, 0.1) is 12.1 Å². The molecular formula is C46H49BrF2N12O4S2. The van der Waals surface area contributed by atoms with Crippen LogP contribution >= 0.6 is 15.9 Å². The number of likely N-dealkylation sites (N-methyl/N-ethyl adjacent to an activating group) is 2. The maximum Gasteiger partial charge on any atom is 0.226 e. The van der Waals surface area contributed by atoms with Crippen LogP contribution in [0.3, 0.4) is 0 Å². The van der Waals surface area contributed by atoms with Crippen molar-refractivity contribution < 1.29 is 25.6 Å². The fourth-order valence-corrected chi connectivity index (χ4v) is 11.4. The summed E-state index contributed by atoms with van der Waals surface area (Å²) in [6.45, 7) is 20.6. The number of hydrogen-bond donors (Lipinski definition) is 4. The van der Waals surface area contributed by atoms with Crippen molar-refractivity contribution in [3.63, 3.8) is 0 Å². The number of amidine groups is 1. The number of pyridine rings is 4. The molecule has 16 nitrogen and oxygen atoms in total. The lowest BCUT2D eigenvalue weighted by molar-refractivity contribution is 0.316. The summed E-state index contributed by atoms with van der Waals surface area (Å²) in [5.41, 5.74) is 7.35. The molecule has 0 spiro atoms. The van der Waals surface area contributed by atoms with Gasteiger partial charge in [0.15, 0.2) is 11.6 Å². The van der Waals surface area contributed by atoms with Crippen LogP contribution in [0.2, 0.25) is 0 Å². The third kappa shape index (κ3) is 8.91. The van der Waals surface area contributed by atoms with Crippen LogP contribution in [-0.2, 0) is 31.1 Å². The summed E-state index contributed by atoms with van der Waals surface area (Å²) in [6, 6.07) is 16.3. The monoisotopic (exact) mass is 1010 g/mol. The number of aromatic nitrogens is 4. The fraction of sp³-hybridized carbons (Fsp3) is 0.304. The van der Waals surface area contributed by atoms with E-state index in [4.69, 9.17) is 12.3 Å². The van der Waals surface area contributed by atoms with E-state index in [1.807, 2.05) is 12.1 Å². The second-order valence-electron chi connectivity index (χ2n) is 17.8. The number of rotatable bonds is 6. The molecule has 0 unspecified atom stereocenters. The Hall–Kier alpha value is -6.18. The summed E-state index contributed by atoms with van der Waals surface area (Å²) >= 11 is 3.42. The lowest BCUT2D eigenvalue weighted by atomic mass is 9.89. The minimum atomic E-state index is -3.81. The highest BCUT2D eigenvalue weighted by atomic mass is 79.9. The molecule has 6 aromatic rings. The number of halogens is 3. The Morgan fingerprint density at radius 3 is 1.84 bits per heavy atom. The highest BCUT2D eigenvalue weighted by molar-refractivity contribution is 9.10. The lowest BCUT2D eigenvalue weighted by Crippen LogP contribution is -2.50. The number of nitrogens with zero attached hydrogens (tertiary/aromatic N) is 8. The van der Waals surface area contributed by atoms with E-state index in [0.29, 0.717) is 51.0 Å². The highest BCUT2D eigenvalue weighted by Gasteiger charge is 2.50. The van der Waals surface area contributed by atoms with E-state index in [1.54, 1.807) is 82.7 Å². The Kier molecular flexibility index (Phi) is 12.7. The number of hydrogen-bond acceptors (Lipinski definition) is 13. The van der Waals surface area contributed by atoms with Gasteiger partial charge in [0, 0.05) is 90.0 Å². The van der Waals surface area contributed by atoms with Gasteiger partial charge in [-0.25, -0.2) is 49.0 Å². The standard InChI is InChI=1S/C23H25BrFN5O2S.C23H24FN7O2S/c1-14-22(2,3)33(31,32)30(5)13-23(4,29-14)18-11-17(6-7-19(18)25)28-21-20-15(8-9-26-21)10-16(24)12-27-20;1-22(2)21(25)30-23(3,13-31(5)34(22,32)33)17-11-15(6-7-18(17)24)29-20-19-14(8-9-27-20)10-16(26-4)12-28-19/h6-12,29H,1,13H2,2-5H3,(H,26,28);6-12H,13H2,1-3,5H3,(H2,25,30)(H,27,29)/t2*23-/m00/s1. The van der Waals surface area contributed by atoms with Crippen molar-refractivity contribution in [1.29, 1.82) is 0 Å². The van der Waals surface area contributed by atoms with Crippen molar-refractivity contribution >= 4 is 92.3 Å². The molecule has 67 heavy (non-hydrogen) atoms. The summed E-state index contributed by atoms with van der Waals surface area (Å²) in [4.78, 5) is 25.4. The van der Waals surface area contributed by atoms with Crippen LogP contribution in [0, 0.1) is 18.2 Å². The van der Waals surface area contributed by atoms with E-state index in [0.717, 1.165) is 15.2 Å². The summed E-state index contributed by atoms with van der Waals surface area (Å²) < 4.78 is 82.8. The minimum absolute atomic E-state index is 0.0280. The Balaban J connectivity index is 0.000000199. The third-order valence-electron chi connectivity index (χ3n) is 12.2. The van der Waals surface area contributed by atoms with E-state index in [2.05, 4.69) is 68.2 Å². The smallest absolute Gasteiger partial charge is 0.226 e. The molecule has 2 aliphatic rings. The van der Waals surface area contributed by atoms with Gasteiger partial charge in [0.25, 0.3) is 0 Å². The summed E-state index contributed by atoms with van der Waals surface area (Å²) in [7, 11) is -4.56. The van der Waals surface area contributed by atoms with Gasteiger partial charge in [0.1, 0.15) is 43.5 Å². The summed E-state index contributed by atoms with van der Waals surface area (Å²) in [5, 5.41) is 11.2. The maximum atomic E-state index is 15.1. The number of nitrogens with two attached hydrogens (primary N) is 1.